The second-order valence-electron chi connectivity index (χ2n) is 8.10. The van der Waals surface area contributed by atoms with E-state index in [2.05, 4.69) is 73.4 Å². The van der Waals surface area contributed by atoms with E-state index in [1.54, 1.807) is 0 Å². The van der Waals surface area contributed by atoms with E-state index in [1.807, 2.05) is 60.5 Å². The maximum absolute atomic E-state index is 3.56. The van der Waals surface area contributed by atoms with Crippen molar-refractivity contribution in [2.75, 3.05) is 61.9 Å². The fraction of sp³-hybridized carbons (Fsp3) is 0.583. The Kier molecular flexibility index (Phi) is 28.4. The van der Waals surface area contributed by atoms with Crippen LogP contribution in [0.2, 0.25) is 0 Å². The largest absolute Gasteiger partial charge is 0.306 e. The standard InChI is InChI=1S/C9H13.3C5H11N.Zr/c1-9(2,3)8-6-4-5-7-8;3*1-4-5-6(2)3;/h4,6H,5H2,1-3H3;3*4H,1,5H2,2-3H3;/q-1;;;;. The van der Waals surface area contributed by atoms with Crippen LogP contribution in [-0.4, -0.2) is 76.6 Å². The molecular weight excluding hydrogens is 422 g/mol. The summed E-state index contributed by atoms with van der Waals surface area (Å²) in [5, 5.41) is 0. The quantitative estimate of drug-likeness (QED) is 0.405. The topological polar surface area (TPSA) is 9.72 Å². The number of allylic oxidation sites excluding steroid dienone is 4. The van der Waals surface area contributed by atoms with E-state index < -0.39 is 0 Å². The molecular formula is C24H46N3Zr-. The smallest absolute Gasteiger partial charge is 0.0154 e. The molecule has 28 heavy (non-hydrogen) atoms. The van der Waals surface area contributed by atoms with Crippen molar-refractivity contribution in [3.8, 4) is 0 Å². The van der Waals surface area contributed by atoms with E-state index in [0.29, 0.717) is 5.41 Å². The monoisotopic (exact) mass is 466 g/mol. The molecule has 0 amide bonds. The van der Waals surface area contributed by atoms with E-state index in [4.69, 9.17) is 0 Å². The molecule has 3 nitrogen and oxygen atoms in total. The Morgan fingerprint density at radius 3 is 1.21 bits per heavy atom. The molecule has 0 fully saturated rings. The van der Waals surface area contributed by atoms with Gasteiger partial charge in [-0.25, -0.2) is 11.6 Å². The third-order valence-corrected chi connectivity index (χ3v) is 2.99. The maximum atomic E-state index is 3.56. The van der Waals surface area contributed by atoms with Crippen LogP contribution in [0.1, 0.15) is 27.2 Å². The first kappa shape index (κ1) is 34.9. The Morgan fingerprint density at radius 1 is 0.821 bits per heavy atom. The summed E-state index contributed by atoms with van der Waals surface area (Å²) in [6.45, 7) is 20.2. The zero-order valence-corrected chi connectivity index (χ0v) is 22.6. The van der Waals surface area contributed by atoms with Crippen LogP contribution in [0.25, 0.3) is 0 Å². The summed E-state index contributed by atoms with van der Waals surface area (Å²) in [4.78, 5) is 6.19. The van der Waals surface area contributed by atoms with Gasteiger partial charge in [0.15, 0.2) is 0 Å². The third kappa shape index (κ3) is 33.1. The van der Waals surface area contributed by atoms with Gasteiger partial charge in [0.2, 0.25) is 0 Å². The minimum atomic E-state index is 0. The molecule has 0 spiro atoms. The van der Waals surface area contributed by atoms with Crippen LogP contribution in [0.15, 0.2) is 55.7 Å². The predicted molar refractivity (Wildman–Crippen MR) is 126 cm³/mol. The summed E-state index contributed by atoms with van der Waals surface area (Å²) in [7, 11) is 12.1. The average molecular weight is 468 g/mol. The molecule has 4 heteroatoms. The molecule has 0 aromatic heterocycles. The van der Waals surface area contributed by atoms with Crippen LogP contribution >= 0.6 is 0 Å². The molecule has 1 aliphatic rings. The molecule has 0 atom stereocenters. The molecule has 0 saturated carbocycles. The summed E-state index contributed by atoms with van der Waals surface area (Å²) in [6.07, 6.45) is 14.3. The molecule has 0 unspecified atom stereocenters. The fourth-order valence-corrected chi connectivity index (χ4v) is 1.69. The molecule has 0 aliphatic heterocycles. The fourth-order valence-electron chi connectivity index (χ4n) is 1.69. The SMILES string of the molecule is C=CCN(C)C.C=CCN(C)C.C=CCN(C)C.CC(C)(C)C1=[C-]CC=C1.[Zr]. The van der Waals surface area contributed by atoms with Gasteiger partial charge in [-0.2, -0.15) is 6.08 Å². The van der Waals surface area contributed by atoms with Gasteiger partial charge in [-0.15, -0.1) is 26.2 Å². The van der Waals surface area contributed by atoms with Crippen LogP contribution in [0.3, 0.4) is 0 Å². The Hall–Kier alpha value is -0.537. The van der Waals surface area contributed by atoms with Crippen molar-refractivity contribution in [3.05, 3.63) is 61.8 Å². The van der Waals surface area contributed by atoms with E-state index in [-0.39, 0.29) is 26.2 Å². The molecule has 0 aromatic rings. The summed E-state index contributed by atoms with van der Waals surface area (Å²) in [5.41, 5.74) is 1.65. The van der Waals surface area contributed by atoms with Crippen molar-refractivity contribution in [2.45, 2.75) is 27.2 Å². The average Bonchev–Trinajstić information content (AvgIpc) is 3.03. The number of likely N-dealkylation sites (N-methyl/N-ethyl adjacent to an activating group) is 3. The van der Waals surface area contributed by atoms with Gasteiger partial charge in [0.05, 0.1) is 0 Å². The second kappa shape index (κ2) is 22.7. The van der Waals surface area contributed by atoms with Crippen molar-refractivity contribution < 1.29 is 26.2 Å². The molecule has 0 saturated heterocycles. The van der Waals surface area contributed by atoms with Gasteiger partial charge < -0.3 is 14.7 Å². The molecule has 0 bridgehead atoms. The Balaban J connectivity index is -0.000000139. The summed E-state index contributed by atoms with van der Waals surface area (Å²) in [5.74, 6) is 0. The number of hydrogen-bond donors (Lipinski definition) is 0. The predicted octanol–water partition coefficient (Wildman–Crippen LogP) is 4.92. The van der Waals surface area contributed by atoms with Crippen molar-refractivity contribution >= 4 is 0 Å². The zero-order chi connectivity index (χ0) is 21.9. The maximum Gasteiger partial charge on any atom is 0.0154 e. The normalized spacial score (nSPS) is 11.8. The second-order valence-corrected chi connectivity index (χ2v) is 8.10. The Labute approximate surface area is 196 Å². The van der Waals surface area contributed by atoms with Gasteiger partial charge in [0.25, 0.3) is 0 Å². The van der Waals surface area contributed by atoms with Gasteiger partial charge in [0, 0.05) is 45.8 Å². The summed E-state index contributed by atoms with van der Waals surface area (Å²) in [6, 6.07) is 0. The summed E-state index contributed by atoms with van der Waals surface area (Å²) >= 11 is 0. The molecule has 1 rings (SSSR count). The van der Waals surface area contributed by atoms with Crippen LogP contribution in [0.4, 0.5) is 0 Å². The number of hydrogen-bond acceptors (Lipinski definition) is 3. The van der Waals surface area contributed by atoms with Crippen LogP contribution < -0.4 is 0 Å². The van der Waals surface area contributed by atoms with Gasteiger partial charge in [-0.05, 0) is 47.7 Å². The van der Waals surface area contributed by atoms with Crippen molar-refractivity contribution in [1.29, 1.82) is 0 Å². The van der Waals surface area contributed by atoms with E-state index in [0.717, 1.165) is 26.1 Å². The minimum Gasteiger partial charge on any atom is -0.306 e. The molecule has 0 aromatic carbocycles. The Bertz CT molecular complexity index is 394. The van der Waals surface area contributed by atoms with E-state index in [9.17, 15) is 0 Å². The first-order valence-electron chi connectivity index (χ1n) is 9.47. The van der Waals surface area contributed by atoms with Crippen molar-refractivity contribution in [3.63, 3.8) is 0 Å². The van der Waals surface area contributed by atoms with Crippen molar-refractivity contribution in [1.82, 2.24) is 14.7 Å². The molecule has 0 heterocycles. The first-order chi connectivity index (χ1) is 12.4. The molecule has 0 N–H and O–H groups in total. The third-order valence-electron chi connectivity index (χ3n) is 2.99. The number of rotatable bonds is 6. The summed E-state index contributed by atoms with van der Waals surface area (Å²) < 4.78 is 0. The van der Waals surface area contributed by atoms with Crippen molar-refractivity contribution in [2.24, 2.45) is 5.41 Å². The van der Waals surface area contributed by atoms with Crippen LogP contribution in [-0.2, 0) is 26.2 Å². The van der Waals surface area contributed by atoms with Gasteiger partial charge in [-0.1, -0.05) is 39.0 Å². The van der Waals surface area contributed by atoms with Gasteiger partial charge >= 0.3 is 0 Å². The zero-order valence-electron chi connectivity index (χ0n) is 20.2. The molecule has 1 aliphatic carbocycles. The van der Waals surface area contributed by atoms with E-state index >= 15 is 0 Å². The van der Waals surface area contributed by atoms with Gasteiger partial charge in [-0.3, -0.25) is 6.08 Å². The van der Waals surface area contributed by atoms with Gasteiger partial charge in [0.1, 0.15) is 0 Å². The Morgan fingerprint density at radius 2 is 1.14 bits per heavy atom. The van der Waals surface area contributed by atoms with Crippen LogP contribution in [0, 0.1) is 11.5 Å². The molecule has 0 radical (unpaired) electrons. The minimum absolute atomic E-state index is 0. The van der Waals surface area contributed by atoms with E-state index in [1.165, 1.54) is 5.57 Å². The first-order valence-corrected chi connectivity index (χ1v) is 9.47. The molecule has 162 valence electrons. The number of nitrogens with zero attached hydrogens (tertiary/aromatic N) is 3. The van der Waals surface area contributed by atoms with Crippen LogP contribution in [0.5, 0.6) is 0 Å².